The maximum absolute atomic E-state index is 12.3. The largest absolute Gasteiger partial charge is 0.322 e. The average Bonchev–Trinajstić information content (AvgIpc) is 3.02. The molecule has 0 spiro atoms. The zero-order valence-electron chi connectivity index (χ0n) is 12.3. The zero-order valence-corrected chi connectivity index (χ0v) is 12.3. The van der Waals surface area contributed by atoms with E-state index in [4.69, 9.17) is 0 Å². The van der Waals surface area contributed by atoms with Crippen molar-refractivity contribution < 1.29 is 4.79 Å². The molecule has 1 N–H and O–H groups in total. The van der Waals surface area contributed by atoms with Crippen LogP contribution in [-0.4, -0.2) is 26.1 Å². The van der Waals surface area contributed by atoms with Crippen LogP contribution in [0, 0.1) is 13.8 Å². The van der Waals surface area contributed by atoms with Gasteiger partial charge in [0, 0.05) is 11.3 Å². The van der Waals surface area contributed by atoms with Crippen LogP contribution in [0.4, 0.5) is 5.69 Å². The Hall–Kier alpha value is -3.02. The summed E-state index contributed by atoms with van der Waals surface area (Å²) >= 11 is 0. The monoisotopic (exact) mass is 293 g/mol. The van der Waals surface area contributed by atoms with Crippen LogP contribution in [0.25, 0.3) is 5.69 Å². The molecule has 0 aliphatic heterocycles. The number of amides is 1. The zero-order chi connectivity index (χ0) is 15.5. The van der Waals surface area contributed by atoms with Crippen LogP contribution in [0.5, 0.6) is 0 Å². The first-order valence-electron chi connectivity index (χ1n) is 6.85. The quantitative estimate of drug-likeness (QED) is 0.805. The van der Waals surface area contributed by atoms with E-state index in [9.17, 15) is 4.79 Å². The normalized spacial score (nSPS) is 10.5. The Bertz CT molecular complexity index is 794. The maximum atomic E-state index is 12.3. The summed E-state index contributed by atoms with van der Waals surface area (Å²) in [5, 5.41) is 13.9. The lowest BCUT2D eigenvalue weighted by atomic mass is 10.1. The summed E-state index contributed by atoms with van der Waals surface area (Å²) in [5.74, 6) is -0.118. The Kier molecular flexibility index (Phi) is 3.65. The molecule has 2 aromatic carbocycles. The molecule has 0 bridgehead atoms. The first-order valence-corrected chi connectivity index (χ1v) is 6.85. The number of carbonyl (C=O) groups excluding carboxylic acids is 1. The number of benzene rings is 2. The predicted molar refractivity (Wildman–Crippen MR) is 83.0 cm³/mol. The molecule has 6 heteroatoms. The molecule has 0 saturated heterocycles. The van der Waals surface area contributed by atoms with Gasteiger partial charge in [-0.05, 0) is 60.2 Å². The SMILES string of the molecule is Cc1ccc(C(=O)Nc2ccc(-n3cnnn3)cc2)c(C)c1. The van der Waals surface area contributed by atoms with Crippen molar-refractivity contribution in [1.82, 2.24) is 20.2 Å². The summed E-state index contributed by atoms with van der Waals surface area (Å²) in [7, 11) is 0. The molecular formula is C16H15N5O. The average molecular weight is 293 g/mol. The van der Waals surface area contributed by atoms with Gasteiger partial charge in [0.2, 0.25) is 0 Å². The van der Waals surface area contributed by atoms with Gasteiger partial charge in [0.25, 0.3) is 5.91 Å². The third-order valence-corrected chi connectivity index (χ3v) is 3.37. The topological polar surface area (TPSA) is 72.7 Å². The molecule has 0 aliphatic carbocycles. The summed E-state index contributed by atoms with van der Waals surface area (Å²) in [6.07, 6.45) is 1.52. The van der Waals surface area contributed by atoms with Crippen molar-refractivity contribution in [2.24, 2.45) is 0 Å². The van der Waals surface area contributed by atoms with E-state index in [0.717, 1.165) is 22.5 Å². The van der Waals surface area contributed by atoms with E-state index in [1.54, 1.807) is 4.68 Å². The van der Waals surface area contributed by atoms with Crippen molar-refractivity contribution in [3.8, 4) is 5.69 Å². The Balaban J connectivity index is 1.77. The molecule has 0 fully saturated rings. The van der Waals surface area contributed by atoms with Crippen molar-refractivity contribution in [2.75, 3.05) is 5.32 Å². The summed E-state index contributed by atoms with van der Waals surface area (Å²) in [6.45, 7) is 3.94. The summed E-state index contributed by atoms with van der Waals surface area (Å²) < 4.78 is 1.55. The number of hydrogen-bond acceptors (Lipinski definition) is 4. The molecule has 1 heterocycles. The molecule has 0 unspecified atom stereocenters. The molecular weight excluding hydrogens is 278 g/mol. The van der Waals surface area contributed by atoms with Crippen molar-refractivity contribution in [1.29, 1.82) is 0 Å². The lowest BCUT2D eigenvalue weighted by molar-refractivity contribution is 0.102. The fraction of sp³-hybridized carbons (Fsp3) is 0.125. The van der Waals surface area contributed by atoms with Crippen molar-refractivity contribution >= 4 is 11.6 Å². The van der Waals surface area contributed by atoms with E-state index in [2.05, 4.69) is 20.8 Å². The molecule has 1 amide bonds. The molecule has 0 atom stereocenters. The van der Waals surface area contributed by atoms with E-state index in [1.165, 1.54) is 6.33 Å². The van der Waals surface area contributed by atoms with Crippen LogP contribution >= 0.6 is 0 Å². The number of tetrazole rings is 1. The molecule has 1 aromatic heterocycles. The van der Waals surface area contributed by atoms with Crippen LogP contribution < -0.4 is 5.32 Å². The van der Waals surface area contributed by atoms with Crippen molar-refractivity contribution in [3.63, 3.8) is 0 Å². The van der Waals surface area contributed by atoms with Gasteiger partial charge in [-0.2, -0.15) is 0 Å². The molecule has 0 aliphatic rings. The second-order valence-electron chi connectivity index (χ2n) is 5.07. The lowest BCUT2D eigenvalue weighted by Crippen LogP contribution is -2.13. The molecule has 0 radical (unpaired) electrons. The van der Waals surface area contributed by atoms with E-state index < -0.39 is 0 Å². The number of aromatic nitrogens is 4. The van der Waals surface area contributed by atoms with Crippen molar-refractivity contribution in [3.05, 3.63) is 65.5 Å². The minimum atomic E-state index is -0.118. The van der Waals surface area contributed by atoms with Gasteiger partial charge in [0.1, 0.15) is 6.33 Å². The van der Waals surface area contributed by atoms with Crippen LogP contribution in [0.15, 0.2) is 48.8 Å². The maximum Gasteiger partial charge on any atom is 0.255 e. The number of nitrogens with one attached hydrogen (secondary N) is 1. The number of hydrogen-bond donors (Lipinski definition) is 1. The highest BCUT2D eigenvalue weighted by molar-refractivity contribution is 6.05. The van der Waals surface area contributed by atoms with E-state index in [0.29, 0.717) is 5.56 Å². The van der Waals surface area contributed by atoms with Gasteiger partial charge in [-0.1, -0.05) is 17.7 Å². The first kappa shape index (κ1) is 13.9. The van der Waals surface area contributed by atoms with Gasteiger partial charge >= 0.3 is 0 Å². The number of carbonyl (C=O) groups is 1. The second kappa shape index (κ2) is 5.77. The van der Waals surface area contributed by atoms with Crippen LogP contribution in [-0.2, 0) is 0 Å². The Morgan fingerprint density at radius 3 is 2.50 bits per heavy atom. The number of anilines is 1. The Morgan fingerprint density at radius 1 is 1.09 bits per heavy atom. The summed E-state index contributed by atoms with van der Waals surface area (Å²) in [4.78, 5) is 12.3. The third kappa shape index (κ3) is 2.85. The van der Waals surface area contributed by atoms with Gasteiger partial charge < -0.3 is 5.32 Å². The number of aryl methyl sites for hydroxylation is 2. The third-order valence-electron chi connectivity index (χ3n) is 3.37. The fourth-order valence-corrected chi connectivity index (χ4v) is 2.24. The van der Waals surface area contributed by atoms with E-state index >= 15 is 0 Å². The lowest BCUT2D eigenvalue weighted by Gasteiger charge is -2.09. The van der Waals surface area contributed by atoms with Crippen LogP contribution in [0.1, 0.15) is 21.5 Å². The van der Waals surface area contributed by atoms with E-state index in [-0.39, 0.29) is 5.91 Å². The van der Waals surface area contributed by atoms with Gasteiger partial charge in [0.15, 0.2) is 0 Å². The highest BCUT2D eigenvalue weighted by Crippen LogP contribution is 2.15. The van der Waals surface area contributed by atoms with Gasteiger partial charge in [-0.15, -0.1) is 5.10 Å². The van der Waals surface area contributed by atoms with Gasteiger partial charge in [0.05, 0.1) is 5.69 Å². The van der Waals surface area contributed by atoms with Gasteiger partial charge in [-0.3, -0.25) is 4.79 Å². The Labute approximate surface area is 127 Å². The van der Waals surface area contributed by atoms with Crippen LogP contribution in [0.3, 0.4) is 0 Å². The first-order chi connectivity index (χ1) is 10.6. The molecule has 110 valence electrons. The predicted octanol–water partition coefficient (Wildman–Crippen LogP) is 2.53. The molecule has 22 heavy (non-hydrogen) atoms. The Morgan fingerprint density at radius 2 is 1.86 bits per heavy atom. The van der Waals surface area contributed by atoms with Gasteiger partial charge in [-0.25, -0.2) is 4.68 Å². The second-order valence-corrected chi connectivity index (χ2v) is 5.07. The standard InChI is InChI=1S/C16H15N5O/c1-11-3-8-15(12(2)9-11)16(22)18-13-4-6-14(7-5-13)21-10-17-19-20-21/h3-10H,1-2H3,(H,18,22). The number of rotatable bonds is 3. The highest BCUT2D eigenvalue weighted by Gasteiger charge is 2.09. The minimum Gasteiger partial charge on any atom is -0.322 e. The fourth-order valence-electron chi connectivity index (χ4n) is 2.24. The summed E-state index contributed by atoms with van der Waals surface area (Å²) in [6, 6.07) is 13.1. The molecule has 0 saturated carbocycles. The van der Waals surface area contributed by atoms with Crippen molar-refractivity contribution in [2.45, 2.75) is 13.8 Å². The number of nitrogens with zero attached hydrogens (tertiary/aromatic N) is 4. The molecule has 6 nitrogen and oxygen atoms in total. The highest BCUT2D eigenvalue weighted by atomic mass is 16.1. The van der Waals surface area contributed by atoms with E-state index in [1.807, 2.05) is 56.3 Å². The molecule has 3 aromatic rings. The smallest absolute Gasteiger partial charge is 0.255 e. The minimum absolute atomic E-state index is 0.118. The molecule has 3 rings (SSSR count). The van der Waals surface area contributed by atoms with Crippen LogP contribution in [0.2, 0.25) is 0 Å². The summed E-state index contributed by atoms with van der Waals surface area (Å²) in [5.41, 5.74) is 4.33.